The number of hydrogen-bond donors (Lipinski definition) is 1. The summed E-state index contributed by atoms with van der Waals surface area (Å²) >= 11 is 0. The Labute approximate surface area is 141 Å². The normalized spacial score (nSPS) is 17.5. The number of hydrogen-bond acceptors (Lipinski definition) is 7. The van der Waals surface area contributed by atoms with Gasteiger partial charge in [-0.2, -0.15) is 4.98 Å². The van der Waals surface area contributed by atoms with Crippen molar-refractivity contribution in [2.45, 2.75) is 25.0 Å². The van der Waals surface area contributed by atoms with Gasteiger partial charge in [-0.15, -0.1) is 0 Å². The van der Waals surface area contributed by atoms with E-state index >= 15 is 0 Å². The molecule has 0 atom stereocenters. The molecule has 0 radical (unpaired) electrons. The molecule has 0 unspecified atom stereocenters. The zero-order chi connectivity index (χ0) is 17.0. The summed E-state index contributed by atoms with van der Waals surface area (Å²) in [7, 11) is 3.04. The number of pyridine rings is 1. The molecule has 3 heterocycles. The summed E-state index contributed by atoms with van der Waals surface area (Å²) in [6.07, 6.45) is 6.40. The summed E-state index contributed by atoms with van der Waals surface area (Å²) in [5.41, 5.74) is 0.863. The lowest BCUT2D eigenvalue weighted by molar-refractivity contribution is -0.0300. The summed E-state index contributed by atoms with van der Waals surface area (Å²) < 4.78 is 10.3. The summed E-state index contributed by atoms with van der Waals surface area (Å²) in [5.74, 6) is 0.368. The van der Waals surface area contributed by atoms with E-state index in [2.05, 4.69) is 19.9 Å². The quantitative estimate of drug-likeness (QED) is 0.887. The van der Waals surface area contributed by atoms with Gasteiger partial charge < -0.3 is 14.6 Å². The Morgan fingerprint density at radius 2 is 1.88 bits per heavy atom. The second kappa shape index (κ2) is 7.11. The fourth-order valence-corrected chi connectivity index (χ4v) is 3.02. The van der Waals surface area contributed by atoms with E-state index in [4.69, 9.17) is 9.47 Å². The Morgan fingerprint density at radius 3 is 2.50 bits per heavy atom. The molecule has 1 aliphatic heterocycles. The summed E-state index contributed by atoms with van der Waals surface area (Å²) in [6, 6.07) is 4.26. The van der Waals surface area contributed by atoms with Crippen molar-refractivity contribution in [3.8, 4) is 11.9 Å². The van der Waals surface area contributed by atoms with Gasteiger partial charge in [0, 0.05) is 38.2 Å². The van der Waals surface area contributed by atoms with Gasteiger partial charge in [0.15, 0.2) is 0 Å². The number of likely N-dealkylation sites (tertiary alicyclic amines) is 1. The van der Waals surface area contributed by atoms with E-state index in [0.29, 0.717) is 24.3 Å². The van der Waals surface area contributed by atoms with Crippen molar-refractivity contribution in [2.75, 3.05) is 27.3 Å². The minimum atomic E-state index is -0.980. The van der Waals surface area contributed by atoms with Crippen LogP contribution >= 0.6 is 0 Å². The molecule has 2 aromatic heterocycles. The van der Waals surface area contributed by atoms with Gasteiger partial charge >= 0.3 is 6.01 Å². The van der Waals surface area contributed by atoms with Crippen LogP contribution in [-0.2, 0) is 12.1 Å². The first-order valence-corrected chi connectivity index (χ1v) is 7.94. The second-order valence-electron chi connectivity index (χ2n) is 5.94. The minimum absolute atomic E-state index is 0.231. The molecule has 3 rings (SSSR count). The highest BCUT2D eigenvalue weighted by Gasteiger charge is 2.37. The molecule has 128 valence electrons. The fraction of sp³-hybridized carbons (Fsp3) is 0.471. The van der Waals surface area contributed by atoms with E-state index in [1.54, 1.807) is 18.6 Å². The third-order valence-electron chi connectivity index (χ3n) is 4.45. The van der Waals surface area contributed by atoms with E-state index in [0.717, 1.165) is 19.6 Å². The number of rotatable bonds is 5. The molecule has 1 saturated heterocycles. The number of aliphatic hydroxyl groups is 1. The lowest BCUT2D eigenvalue weighted by Crippen LogP contribution is -2.42. The zero-order valence-electron chi connectivity index (χ0n) is 14.0. The zero-order valence-corrected chi connectivity index (χ0v) is 14.0. The molecule has 0 bridgehead atoms. The Balaban J connectivity index is 1.70. The van der Waals surface area contributed by atoms with Crippen LogP contribution in [0.4, 0.5) is 0 Å². The highest BCUT2D eigenvalue weighted by Crippen LogP contribution is 2.37. The van der Waals surface area contributed by atoms with Crippen LogP contribution in [0.5, 0.6) is 11.9 Å². The maximum atomic E-state index is 11.1. The molecule has 1 aliphatic rings. The van der Waals surface area contributed by atoms with E-state index in [1.807, 2.05) is 12.1 Å². The molecule has 0 spiro atoms. The molecule has 0 aromatic carbocycles. The van der Waals surface area contributed by atoms with Crippen LogP contribution in [0.15, 0.2) is 30.7 Å². The van der Waals surface area contributed by atoms with Gasteiger partial charge in [0.05, 0.1) is 25.4 Å². The van der Waals surface area contributed by atoms with E-state index in [1.165, 1.54) is 19.8 Å². The number of methoxy groups -OCH3 is 2. The Hall–Kier alpha value is -2.25. The molecule has 1 N–H and O–H groups in total. The maximum absolute atomic E-state index is 11.1. The fourth-order valence-electron chi connectivity index (χ4n) is 3.02. The Morgan fingerprint density at radius 1 is 1.17 bits per heavy atom. The van der Waals surface area contributed by atoms with Gasteiger partial charge in [0.25, 0.3) is 0 Å². The molecular formula is C17H22N4O3. The first kappa shape index (κ1) is 16.6. The van der Waals surface area contributed by atoms with Crippen molar-refractivity contribution >= 4 is 0 Å². The molecule has 0 saturated carbocycles. The lowest BCUT2D eigenvalue weighted by atomic mass is 9.85. The molecule has 0 aliphatic carbocycles. The number of piperidine rings is 1. The van der Waals surface area contributed by atoms with Gasteiger partial charge in [0.2, 0.25) is 5.88 Å². The number of aromatic nitrogens is 3. The van der Waals surface area contributed by atoms with Crippen molar-refractivity contribution in [3.63, 3.8) is 0 Å². The molecule has 7 heteroatoms. The third kappa shape index (κ3) is 3.47. The van der Waals surface area contributed by atoms with Gasteiger partial charge in [-0.05, 0) is 30.5 Å². The summed E-state index contributed by atoms with van der Waals surface area (Å²) in [6.45, 7) is 2.43. The van der Waals surface area contributed by atoms with Crippen molar-refractivity contribution < 1.29 is 14.6 Å². The van der Waals surface area contributed by atoms with Crippen LogP contribution in [0.2, 0.25) is 0 Å². The van der Waals surface area contributed by atoms with E-state index in [9.17, 15) is 5.11 Å². The number of nitrogens with zero attached hydrogens (tertiary/aromatic N) is 4. The number of ether oxygens (including phenoxy) is 2. The molecule has 0 amide bonds. The Kier molecular flexibility index (Phi) is 4.92. The predicted molar refractivity (Wildman–Crippen MR) is 87.8 cm³/mol. The van der Waals surface area contributed by atoms with Crippen LogP contribution in [0.1, 0.15) is 24.0 Å². The second-order valence-corrected chi connectivity index (χ2v) is 5.94. The average molecular weight is 330 g/mol. The van der Waals surface area contributed by atoms with Crippen LogP contribution in [0.25, 0.3) is 0 Å². The monoisotopic (exact) mass is 330 g/mol. The third-order valence-corrected chi connectivity index (χ3v) is 4.45. The van der Waals surface area contributed by atoms with Gasteiger partial charge in [-0.3, -0.25) is 9.88 Å². The van der Waals surface area contributed by atoms with Crippen molar-refractivity contribution in [3.05, 3.63) is 41.9 Å². The van der Waals surface area contributed by atoms with Gasteiger partial charge in [-0.1, -0.05) is 0 Å². The van der Waals surface area contributed by atoms with E-state index in [-0.39, 0.29) is 6.01 Å². The summed E-state index contributed by atoms with van der Waals surface area (Å²) in [5, 5.41) is 11.1. The largest absolute Gasteiger partial charge is 0.481 e. The molecule has 2 aromatic rings. The molecule has 1 fully saturated rings. The highest BCUT2D eigenvalue weighted by molar-refractivity contribution is 5.32. The smallest absolute Gasteiger partial charge is 0.319 e. The van der Waals surface area contributed by atoms with Crippen LogP contribution in [-0.4, -0.2) is 52.3 Å². The first-order chi connectivity index (χ1) is 11.6. The Bertz CT molecular complexity index is 673. The molecule has 24 heavy (non-hydrogen) atoms. The van der Waals surface area contributed by atoms with Crippen LogP contribution in [0.3, 0.4) is 0 Å². The van der Waals surface area contributed by atoms with E-state index < -0.39 is 5.60 Å². The standard InChI is InChI=1S/C17H22N4O3/c1-23-15-14(11-19-16(20-15)24-2)17(22)5-9-21(10-6-17)12-13-3-7-18-8-4-13/h3-4,7-8,11,22H,5-6,9-10,12H2,1-2H3. The van der Waals surface area contributed by atoms with Crippen molar-refractivity contribution in [1.29, 1.82) is 0 Å². The highest BCUT2D eigenvalue weighted by atomic mass is 16.5. The van der Waals surface area contributed by atoms with Crippen molar-refractivity contribution in [2.24, 2.45) is 0 Å². The SMILES string of the molecule is COc1ncc(C2(O)CCN(Cc3ccncc3)CC2)c(OC)n1. The molecule has 7 nitrogen and oxygen atoms in total. The topological polar surface area (TPSA) is 80.6 Å². The van der Waals surface area contributed by atoms with Gasteiger partial charge in [-0.25, -0.2) is 4.98 Å². The lowest BCUT2D eigenvalue weighted by Gasteiger charge is -2.38. The van der Waals surface area contributed by atoms with Crippen LogP contribution < -0.4 is 9.47 Å². The summed E-state index contributed by atoms with van der Waals surface area (Å²) in [4.78, 5) is 14.7. The maximum Gasteiger partial charge on any atom is 0.319 e. The van der Waals surface area contributed by atoms with Gasteiger partial charge in [0.1, 0.15) is 0 Å². The van der Waals surface area contributed by atoms with Crippen molar-refractivity contribution in [1.82, 2.24) is 19.9 Å². The van der Waals surface area contributed by atoms with Crippen LogP contribution in [0, 0.1) is 0 Å². The molecular weight excluding hydrogens is 308 g/mol. The first-order valence-electron chi connectivity index (χ1n) is 7.94. The predicted octanol–water partition coefficient (Wildman–Crippen LogP) is 1.37. The average Bonchev–Trinajstić information content (AvgIpc) is 2.64. The minimum Gasteiger partial charge on any atom is -0.481 e.